The van der Waals surface area contributed by atoms with Crippen molar-refractivity contribution in [1.82, 2.24) is 4.72 Å². The second-order valence-electron chi connectivity index (χ2n) is 5.39. The van der Waals surface area contributed by atoms with Gasteiger partial charge in [-0.1, -0.05) is 12.1 Å². The first-order valence-corrected chi connectivity index (χ1v) is 9.07. The topological polar surface area (TPSA) is 64.6 Å². The van der Waals surface area contributed by atoms with E-state index in [2.05, 4.69) is 4.72 Å². The molecule has 0 unspecified atom stereocenters. The molecule has 2 aromatic rings. The molecule has 0 radical (unpaired) electrons. The van der Waals surface area contributed by atoms with Gasteiger partial charge in [-0.15, -0.1) is 0 Å². The highest BCUT2D eigenvalue weighted by molar-refractivity contribution is 7.88. The van der Waals surface area contributed by atoms with Gasteiger partial charge < -0.3 is 9.47 Å². The number of hydrogen-bond donors (Lipinski definition) is 1. The van der Waals surface area contributed by atoms with Crippen molar-refractivity contribution in [1.29, 1.82) is 0 Å². The van der Waals surface area contributed by atoms with Crippen molar-refractivity contribution >= 4 is 10.0 Å². The molecule has 1 atom stereocenters. The van der Waals surface area contributed by atoms with Gasteiger partial charge in [-0.25, -0.2) is 21.9 Å². The van der Waals surface area contributed by atoms with Crippen LogP contribution in [-0.4, -0.2) is 29.2 Å². The van der Waals surface area contributed by atoms with Crippen LogP contribution in [0, 0.1) is 11.6 Å². The average molecular weight is 371 g/mol. The number of ether oxygens (including phenoxy) is 2. The Balaban J connectivity index is 2.06. The van der Waals surface area contributed by atoms with Crippen molar-refractivity contribution in [3.63, 3.8) is 0 Å². The summed E-state index contributed by atoms with van der Waals surface area (Å²) in [6, 6.07) is 9.71. The largest absolute Gasteiger partial charge is 0.497 e. The van der Waals surface area contributed by atoms with Crippen LogP contribution < -0.4 is 9.46 Å². The normalized spacial score (nSPS) is 12.8. The van der Waals surface area contributed by atoms with Crippen molar-refractivity contribution in [3.8, 4) is 5.75 Å². The summed E-state index contributed by atoms with van der Waals surface area (Å²) >= 11 is 0. The highest BCUT2D eigenvalue weighted by Crippen LogP contribution is 2.21. The summed E-state index contributed by atoms with van der Waals surface area (Å²) in [6.45, 7) is -0.0240. The second-order valence-corrected chi connectivity index (χ2v) is 7.19. The van der Waals surface area contributed by atoms with Gasteiger partial charge in [0, 0.05) is 19.7 Å². The molecule has 0 saturated carbocycles. The lowest BCUT2D eigenvalue weighted by Gasteiger charge is -2.17. The fourth-order valence-electron chi connectivity index (χ4n) is 2.35. The van der Waals surface area contributed by atoms with Crippen LogP contribution in [0.2, 0.25) is 0 Å². The summed E-state index contributed by atoms with van der Waals surface area (Å²) in [7, 11) is -0.803. The first kappa shape index (κ1) is 19.3. The van der Waals surface area contributed by atoms with Gasteiger partial charge in [0.25, 0.3) is 0 Å². The molecule has 0 aliphatic rings. The van der Waals surface area contributed by atoms with E-state index in [1.54, 1.807) is 24.3 Å². The van der Waals surface area contributed by atoms with E-state index >= 15 is 0 Å². The molecule has 8 heteroatoms. The standard InChI is InChI=1S/C17H19F2NO4S/c1-23-16-5-3-4-13(8-16)17(24-2)10-20-25(21,22)11-12-6-14(18)9-15(19)7-12/h3-9,17,20H,10-11H2,1-2H3/t17-/m0/s1. The highest BCUT2D eigenvalue weighted by atomic mass is 32.2. The summed E-state index contributed by atoms with van der Waals surface area (Å²) in [4.78, 5) is 0. The number of hydrogen-bond acceptors (Lipinski definition) is 4. The Morgan fingerprint density at radius 3 is 2.36 bits per heavy atom. The number of benzene rings is 2. The first-order valence-electron chi connectivity index (χ1n) is 7.42. The first-order chi connectivity index (χ1) is 11.8. The summed E-state index contributed by atoms with van der Waals surface area (Å²) < 4.78 is 63.5. The van der Waals surface area contributed by atoms with Crippen molar-refractivity contribution in [2.45, 2.75) is 11.9 Å². The lowest BCUT2D eigenvalue weighted by molar-refractivity contribution is 0.107. The predicted octanol–water partition coefficient (Wildman–Crippen LogP) is 2.78. The van der Waals surface area contributed by atoms with E-state index in [1.165, 1.54) is 14.2 Å². The summed E-state index contributed by atoms with van der Waals surface area (Å²) in [5, 5.41) is 0. The van der Waals surface area contributed by atoms with Crippen LogP contribution in [0.25, 0.3) is 0 Å². The molecule has 2 aromatic carbocycles. The van der Waals surface area contributed by atoms with E-state index in [-0.39, 0.29) is 12.1 Å². The highest BCUT2D eigenvalue weighted by Gasteiger charge is 2.18. The number of halogens is 2. The molecule has 0 heterocycles. The molecular weight excluding hydrogens is 352 g/mol. The van der Waals surface area contributed by atoms with Gasteiger partial charge >= 0.3 is 0 Å². The van der Waals surface area contributed by atoms with Gasteiger partial charge in [0.15, 0.2) is 0 Å². The molecule has 0 spiro atoms. The Morgan fingerprint density at radius 1 is 1.08 bits per heavy atom. The van der Waals surface area contributed by atoms with Crippen LogP contribution >= 0.6 is 0 Å². The minimum Gasteiger partial charge on any atom is -0.497 e. The lowest BCUT2D eigenvalue weighted by atomic mass is 10.1. The van der Waals surface area contributed by atoms with Gasteiger partial charge in [-0.2, -0.15) is 0 Å². The average Bonchev–Trinajstić information content (AvgIpc) is 2.54. The fraction of sp³-hybridized carbons (Fsp3) is 0.294. The molecule has 0 fully saturated rings. The van der Waals surface area contributed by atoms with Gasteiger partial charge in [0.1, 0.15) is 17.4 Å². The van der Waals surface area contributed by atoms with Gasteiger partial charge in [0.2, 0.25) is 10.0 Å². The van der Waals surface area contributed by atoms with E-state index in [9.17, 15) is 17.2 Å². The predicted molar refractivity (Wildman–Crippen MR) is 89.7 cm³/mol. The Hall–Kier alpha value is -2.03. The van der Waals surface area contributed by atoms with Crippen LogP contribution in [0.15, 0.2) is 42.5 Å². The summed E-state index contributed by atoms with van der Waals surface area (Å²) in [5.41, 5.74) is 0.765. The zero-order chi connectivity index (χ0) is 18.4. The Bertz CT molecular complexity index is 807. The van der Waals surface area contributed by atoms with Gasteiger partial charge in [-0.05, 0) is 35.4 Å². The number of methoxy groups -OCH3 is 2. The second kappa shape index (κ2) is 8.37. The van der Waals surface area contributed by atoms with Gasteiger partial charge in [-0.3, -0.25) is 0 Å². The van der Waals surface area contributed by atoms with E-state index in [1.807, 2.05) is 0 Å². The van der Waals surface area contributed by atoms with Crippen LogP contribution in [0.1, 0.15) is 17.2 Å². The third kappa shape index (κ3) is 5.77. The molecule has 0 bridgehead atoms. The van der Waals surface area contributed by atoms with Crippen molar-refractivity contribution in [2.24, 2.45) is 0 Å². The molecule has 2 rings (SSSR count). The Kier molecular flexibility index (Phi) is 6.46. The fourth-order valence-corrected chi connectivity index (χ4v) is 3.46. The monoisotopic (exact) mass is 371 g/mol. The molecular formula is C17H19F2NO4S. The maximum Gasteiger partial charge on any atom is 0.215 e. The molecule has 1 N–H and O–H groups in total. The molecule has 0 aliphatic carbocycles. The Labute approximate surface area is 145 Å². The quantitative estimate of drug-likeness (QED) is 0.775. The maximum atomic E-state index is 13.2. The SMILES string of the molecule is COc1cccc([C@H](CNS(=O)(=O)Cc2cc(F)cc(F)c2)OC)c1. The van der Waals surface area contributed by atoms with E-state index < -0.39 is 33.5 Å². The van der Waals surface area contributed by atoms with Crippen molar-refractivity contribution < 1.29 is 26.7 Å². The smallest absolute Gasteiger partial charge is 0.215 e. The molecule has 0 aliphatic heterocycles. The van der Waals surface area contributed by atoms with E-state index in [0.717, 1.165) is 17.7 Å². The van der Waals surface area contributed by atoms with Crippen LogP contribution in [0.4, 0.5) is 8.78 Å². The minimum atomic E-state index is -3.79. The summed E-state index contributed by atoms with van der Waals surface area (Å²) in [6.07, 6.45) is -0.533. The van der Waals surface area contributed by atoms with Crippen LogP contribution in [0.5, 0.6) is 5.75 Å². The van der Waals surface area contributed by atoms with Crippen molar-refractivity contribution in [3.05, 3.63) is 65.2 Å². The number of nitrogens with one attached hydrogen (secondary N) is 1. The zero-order valence-corrected chi connectivity index (χ0v) is 14.6. The molecule has 0 amide bonds. The van der Waals surface area contributed by atoms with E-state index in [0.29, 0.717) is 11.8 Å². The summed E-state index contributed by atoms with van der Waals surface area (Å²) in [5.74, 6) is -1.55. The van der Waals surface area contributed by atoms with Crippen LogP contribution in [0.3, 0.4) is 0 Å². The third-order valence-corrected chi connectivity index (χ3v) is 4.84. The molecule has 0 aromatic heterocycles. The molecule has 5 nitrogen and oxygen atoms in total. The minimum absolute atomic E-state index is 0.0240. The maximum absolute atomic E-state index is 13.2. The van der Waals surface area contributed by atoms with E-state index in [4.69, 9.17) is 9.47 Å². The van der Waals surface area contributed by atoms with Gasteiger partial charge in [0.05, 0.1) is 19.0 Å². The molecule has 136 valence electrons. The number of rotatable bonds is 8. The zero-order valence-electron chi connectivity index (χ0n) is 13.8. The molecule has 0 saturated heterocycles. The van der Waals surface area contributed by atoms with Crippen molar-refractivity contribution in [2.75, 3.05) is 20.8 Å². The van der Waals surface area contributed by atoms with Crippen LogP contribution in [-0.2, 0) is 20.5 Å². The third-order valence-electron chi connectivity index (χ3n) is 3.52. The Morgan fingerprint density at radius 2 is 1.76 bits per heavy atom. The lowest BCUT2D eigenvalue weighted by Crippen LogP contribution is -2.30. The molecule has 25 heavy (non-hydrogen) atoms. The number of sulfonamides is 1.